The number of benzene rings is 2. The molecule has 0 saturated carbocycles. The number of anilines is 1. The van der Waals surface area contributed by atoms with E-state index in [1.165, 1.54) is 11.0 Å². The molecule has 0 spiro atoms. The van der Waals surface area contributed by atoms with Crippen LogP contribution in [0.3, 0.4) is 0 Å². The Hall–Kier alpha value is -1.90. The summed E-state index contributed by atoms with van der Waals surface area (Å²) in [4.78, 5) is 19.0. The van der Waals surface area contributed by atoms with Crippen LogP contribution in [0.15, 0.2) is 40.9 Å². The van der Waals surface area contributed by atoms with Gasteiger partial charge in [-0.15, -0.1) is 0 Å². The Bertz CT molecular complexity index is 1000. The molecular formula is C19H15BrF2N2O2S. The summed E-state index contributed by atoms with van der Waals surface area (Å²) in [7, 11) is 0. The number of rotatable bonds is 4. The maximum Gasteiger partial charge on any atom is 0.261 e. The molecule has 1 aromatic heterocycles. The van der Waals surface area contributed by atoms with Crippen LogP contribution in [-0.4, -0.2) is 30.1 Å². The zero-order valence-corrected chi connectivity index (χ0v) is 16.5. The van der Waals surface area contributed by atoms with Gasteiger partial charge < -0.3 is 4.74 Å². The quantitative estimate of drug-likeness (QED) is 0.548. The Morgan fingerprint density at radius 1 is 1.33 bits per heavy atom. The average Bonchev–Trinajstić information content (AvgIpc) is 3.29. The van der Waals surface area contributed by atoms with Crippen LogP contribution in [0.2, 0.25) is 0 Å². The summed E-state index contributed by atoms with van der Waals surface area (Å²) in [6.45, 7) is 0.964. The van der Waals surface area contributed by atoms with Crippen LogP contribution in [0, 0.1) is 11.6 Å². The molecule has 1 aliphatic heterocycles. The molecule has 3 aromatic rings. The lowest BCUT2D eigenvalue weighted by atomic mass is 10.2. The van der Waals surface area contributed by atoms with Gasteiger partial charge in [-0.1, -0.05) is 23.5 Å². The van der Waals surface area contributed by atoms with Crippen LogP contribution in [0.25, 0.3) is 10.2 Å². The molecule has 1 fully saturated rings. The molecule has 0 bridgehead atoms. The van der Waals surface area contributed by atoms with Gasteiger partial charge in [-0.25, -0.2) is 13.8 Å². The second-order valence-electron chi connectivity index (χ2n) is 6.26. The van der Waals surface area contributed by atoms with Crippen LogP contribution in [0.1, 0.15) is 23.2 Å². The Morgan fingerprint density at radius 2 is 2.15 bits per heavy atom. The molecule has 8 heteroatoms. The summed E-state index contributed by atoms with van der Waals surface area (Å²) in [5, 5.41) is 0.325. The monoisotopic (exact) mass is 452 g/mol. The van der Waals surface area contributed by atoms with Crippen molar-refractivity contribution in [3.8, 4) is 0 Å². The van der Waals surface area contributed by atoms with Crippen molar-refractivity contribution in [2.45, 2.75) is 18.9 Å². The van der Waals surface area contributed by atoms with Crippen molar-refractivity contribution in [1.82, 2.24) is 4.98 Å². The van der Waals surface area contributed by atoms with E-state index in [1.807, 2.05) is 6.07 Å². The summed E-state index contributed by atoms with van der Waals surface area (Å²) in [6, 6.07) is 9.11. The van der Waals surface area contributed by atoms with E-state index in [2.05, 4.69) is 20.9 Å². The van der Waals surface area contributed by atoms with Gasteiger partial charge in [0.1, 0.15) is 11.3 Å². The van der Waals surface area contributed by atoms with Crippen LogP contribution < -0.4 is 4.90 Å². The number of halogens is 3. The van der Waals surface area contributed by atoms with Gasteiger partial charge in [0.15, 0.2) is 10.9 Å². The summed E-state index contributed by atoms with van der Waals surface area (Å²) < 4.78 is 34.3. The molecule has 0 N–H and O–H groups in total. The number of carbonyl (C=O) groups excluding carboxylic acids is 1. The molecule has 4 nitrogen and oxygen atoms in total. The summed E-state index contributed by atoms with van der Waals surface area (Å²) in [5.41, 5.74) is 0.537. The molecule has 27 heavy (non-hydrogen) atoms. The summed E-state index contributed by atoms with van der Waals surface area (Å²) in [6.07, 6.45) is 1.67. The number of fused-ring (bicyclic) bond motifs is 1. The normalized spacial score (nSPS) is 16.8. The molecule has 2 heterocycles. The van der Waals surface area contributed by atoms with Crippen LogP contribution in [0.5, 0.6) is 0 Å². The summed E-state index contributed by atoms with van der Waals surface area (Å²) in [5.74, 6) is -1.67. The van der Waals surface area contributed by atoms with Gasteiger partial charge in [0.05, 0.1) is 22.9 Å². The lowest BCUT2D eigenvalue weighted by Crippen LogP contribution is -2.37. The fraction of sp³-hybridized carbons (Fsp3) is 0.263. The Balaban J connectivity index is 1.76. The van der Waals surface area contributed by atoms with E-state index in [0.29, 0.717) is 33.0 Å². The lowest BCUT2D eigenvalue weighted by molar-refractivity contribution is 0.0917. The van der Waals surface area contributed by atoms with Crippen molar-refractivity contribution < 1.29 is 18.3 Å². The third-order valence-corrected chi connectivity index (χ3v) is 6.11. The number of amides is 1. The van der Waals surface area contributed by atoms with Crippen LogP contribution in [-0.2, 0) is 4.74 Å². The third kappa shape index (κ3) is 3.74. The molecule has 1 atom stereocenters. The van der Waals surface area contributed by atoms with Crippen LogP contribution >= 0.6 is 27.3 Å². The highest BCUT2D eigenvalue weighted by atomic mass is 79.9. The molecule has 140 valence electrons. The van der Waals surface area contributed by atoms with Crippen LogP contribution in [0.4, 0.5) is 13.9 Å². The van der Waals surface area contributed by atoms with Crippen molar-refractivity contribution in [3.63, 3.8) is 0 Å². The minimum atomic E-state index is -0.738. The second kappa shape index (κ2) is 7.61. The number of thiazole rings is 1. The SMILES string of the molecule is O=C(c1ccccc1Br)N(CC1CCCO1)c1nc2c(F)cc(F)cc2s1. The maximum atomic E-state index is 14.1. The van der Waals surface area contributed by atoms with Gasteiger partial charge in [-0.3, -0.25) is 9.69 Å². The van der Waals surface area contributed by atoms with Crippen molar-refractivity contribution in [3.05, 3.63) is 58.1 Å². The summed E-state index contributed by atoms with van der Waals surface area (Å²) >= 11 is 4.49. The van der Waals surface area contributed by atoms with Gasteiger partial charge in [0.25, 0.3) is 5.91 Å². The average molecular weight is 453 g/mol. The number of aromatic nitrogens is 1. The van der Waals surface area contributed by atoms with Gasteiger partial charge in [-0.2, -0.15) is 0 Å². The van der Waals surface area contributed by atoms with Crippen molar-refractivity contribution >= 4 is 48.5 Å². The molecule has 2 aromatic carbocycles. The fourth-order valence-electron chi connectivity index (χ4n) is 3.08. The highest BCUT2D eigenvalue weighted by Crippen LogP contribution is 2.33. The molecular weight excluding hydrogens is 438 g/mol. The van der Waals surface area contributed by atoms with Gasteiger partial charge in [0.2, 0.25) is 0 Å². The number of nitrogens with zero attached hydrogens (tertiary/aromatic N) is 2. The number of carbonyl (C=O) groups is 1. The standard InChI is InChI=1S/C19H15BrF2N2O2S/c20-14-6-2-1-5-13(14)18(25)24(10-12-4-3-7-26-12)19-23-17-15(22)8-11(21)9-16(17)27-19/h1-2,5-6,8-9,12H,3-4,7,10H2. The topological polar surface area (TPSA) is 42.4 Å². The highest BCUT2D eigenvalue weighted by Gasteiger charge is 2.28. The molecule has 1 saturated heterocycles. The Kier molecular flexibility index (Phi) is 5.21. The zero-order valence-electron chi connectivity index (χ0n) is 14.1. The highest BCUT2D eigenvalue weighted by molar-refractivity contribution is 9.10. The third-order valence-electron chi connectivity index (χ3n) is 4.39. The van der Waals surface area contributed by atoms with Gasteiger partial charge >= 0.3 is 0 Å². The van der Waals surface area contributed by atoms with E-state index in [9.17, 15) is 13.6 Å². The molecule has 1 unspecified atom stereocenters. The zero-order chi connectivity index (χ0) is 19.0. The molecule has 0 aliphatic carbocycles. The van der Waals surface area contributed by atoms with Crippen molar-refractivity contribution in [1.29, 1.82) is 0 Å². The predicted octanol–water partition coefficient (Wildman–Crippen LogP) is 5.16. The first-order valence-corrected chi connectivity index (χ1v) is 10.1. The smallest absolute Gasteiger partial charge is 0.261 e. The number of hydrogen-bond acceptors (Lipinski definition) is 4. The van der Waals surface area contributed by atoms with Crippen molar-refractivity contribution in [2.24, 2.45) is 0 Å². The Morgan fingerprint density at radius 3 is 2.89 bits per heavy atom. The number of ether oxygens (including phenoxy) is 1. The maximum absolute atomic E-state index is 14.1. The minimum absolute atomic E-state index is 0.0636. The first kappa shape index (κ1) is 18.5. The fourth-order valence-corrected chi connectivity index (χ4v) is 4.55. The van der Waals surface area contributed by atoms with E-state index in [4.69, 9.17) is 4.74 Å². The predicted molar refractivity (Wildman–Crippen MR) is 104 cm³/mol. The van der Waals surface area contributed by atoms with E-state index in [1.54, 1.807) is 18.2 Å². The number of hydrogen-bond donors (Lipinski definition) is 0. The molecule has 0 radical (unpaired) electrons. The van der Waals surface area contributed by atoms with E-state index < -0.39 is 11.6 Å². The van der Waals surface area contributed by atoms with E-state index in [0.717, 1.165) is 30.2 Å². The Labute approximate surface area is 166 Å². The second-order valence-corrected chi connectivity index (χ2v) is 8.12. The molecule has 1 aliphatic rings. The van der Waals surface area contributed by atoms with Crippen molar-refractivity contribution in [2.75, 3.05) is 18.1 Å². The van der Waals surface area contributed by atoms with E-state index in [-0.39, 0.29) is 17.5 Å². The first-order valence-electron chi connectivity index (χ1n) is 8.46. The lowest BCUT2D eigenvalue weighted by Gasteiger charge is -2.23. The van der Waals surface area contributed by atoms with E-state index >= 15 is 0 Å². The molecule has 4 rings (SSSR count). The largest absolute Gasteiger partial charge is 0.376 e. The van der Waals surface area contributed by atoms with Gasteiger partial charge in [-0.05, 0) is 47.0 Å². The van der Waals surface area contributed by atoms with Gasteiger partial charge in [0, 0.05) is 17.1 Å². The minimum Gasteiger partial charge on any atom is -0.376 e. The first-order chi connectivity index (χ1) is 13.0. The molecule has 1 amide bonds.